The molecule has 0 bridgehead atoms. The molecule has 0 aliphatic heterocycles. The molecule has 0 radical (unpaired) electrons. The Morgan fingerprint density at radius 3 is 2.62 bits per heavy atom. The number of carbonyl (C=O) groups is 2. The standard InChI is InChI=1S/C9H6BrNO5/c1-16-9(13)6-2-5(10)3-8(11(14)15)7(6)4-12/h2-4H,1H3. The van der Waals surface area contributed by atoms with Crippen molar-refractivity contribution in [2.24, 2.45) is 0 Å². The molecule has 7 heteroatoms. The van der Waals surface area contributed by atoms with Gasteiger partial charge in [0, 0.05) is 10.5 Å². The van der Waals surface area contributed by atoms with Gasteiger partial charge in [0.15, 0.2) is 6.29 Å². The number of carbonyl (C=O) groups excluding carboxylic acids is 2. The molecule has 0 saturated heterocycles. The first-order chi connectivity index (χ1) is 7.51. The molecule has 6 nitrogen and oxygen atoms in total. The summed E-state index contributed by atoms with van der Waals surface area (Å²) in [4.78, 5) is 32.0. The highest BCUT2D eigenvalue weighted by Gasteiger charge is 2.23. The number of halogens is 1. The fraction of sp³-hybridized carbons (Fsp3) is 0.111. The van der Waals surface area contributed by atoms with Gasteiger partial charge in [0.2, 0.25) is 0 Å². The maximum atomic E-state index is 11.3. The highest BCUT2D eigenvalue weighted by atomic mass is 79.9. The van der Waals surface area contributed by atoms with E-state index in [0.717, 1.165) is 13.2 Å². The molecule has 0 fully saturated rings. The molecule has 0 aliphatic rings. The van der Waals surface area contributed by atoms with E-state index in [-0.39, 0.29) is 17.4 Å². The van der Waals surface area contributed by atoms with E-state index in [2.05, 4.69) is 20.7 Å². The summed E-state index contributed by atoms with van der Waals surface area (Å²) >= 11 is 3.01. The van der Waals surface area contributed by atoms with Crippen molar-refractivity contribution in [2.45, 2.75) is 0 Å². The van der Waals surface area contributed by atoms with Gasteiger partial charge in [-0.25, -0.2) is 4.79 Å². The van der Waals surface area contributed by atoms with Crippen LogP contribution in [0.15, 0.2) is 16.6 Å². The van der Waals surface area contributed by atoms with Gasteiger partial charge in [0.25, 0.3) is 5.69 Å². The van der Waals surface area contributed by atoms with E-state index in [1.165, 1.54) is 6.07 Å². The fourth-order valence-electron chi connectivity index (χ4n) is 1.16. The molecule has 16 heavy (non-hydrogen) atoms. The second-order valence-electron chi connectivity index (χ2n) is 2.75. The van der Waals surface area contributed by atoms with Gasteiger partial charge in [-0.15, -0.1) is 0 Å². The molecule has 1 rings (SSSR count). The van der Waals surface area contributed by atoms with Crippen molar-refractivity contribution >= 4 is 33.9 Å². The third-order valence-corrected chi connectivity index (χ3v) is 2.30. The van der Waals surface area contributed by atoms with Gasteiger partial charge in [0.05, 0.1) is 17.6 Å². The molecule has 0 saturated carbocycles. The van der Waals surface area contributed by atoms with E-state index in [1.807, 2.05) is 0 Å². The zero-order valence-electron chi connectivity index (χ0n) is 8.10. The average Bonchev–Trinajstić information content (AvgIpc) is 2.26. The van der Waals surface area contributed by atoms with Crippen molar-refractivity contribution in [2.75, 3.05) is 7.11 Å². The number of esters is 1. The van der Waals surface area contributed by atoms with Crippen LogP contribution in [-0.4, -0.2) is 24.3 Å². The summed E-state index contributed by atoms with van der Waals surface area (Å²) < 4.78 is 4.75. The maximum absolute atomic E-state index is 11.3. The zero-order chi connectivity index (χ0) is 12.3. The van der Waals surface area contributed by atoms with Gasteiger partial charge in [-0.3, -0.25) is 14.9 Å². The van der Waals surface area contributed by atoms with Crippen LogP contribution in [0.1, 0.15) is 20.7 Å². The van der Waals surface area contributed by atoms with Crippen molar-refractivity contribution < 1.29 is 19.2 Å². The topological polar surface area (TPSA) is 86.5 Å². The predicted octanol–water partition coefficient (Wildman–Crippen LogP) is 1.96. The minimum absolute atomic E-state index is 0.140. The van der Waals surface area contributed by atoms with Crippen LogP contribution in [-0.2, 0) is 4.74 Å². The van der Waals surface area contributed by atoms with Crippen LogP contribution in [0.3, 0.4) is 0 Å². The Bertz CT molecular complexity index is 471. The molecular weight excluding hydrogens is 282 g/mol. The number of nitro benzene ring substituents is 1. The van der Waals surface area contributed by atoms with Crippen LogP contribution in [0, 0.1) is 10.1 Å². The van der Waals surface area contributed by atoms with Crippen LogP contribution >= 0.6 is 15.9 Å². The molecule has 1 aromatic rings. The minimum atomic E-state index is -0.800. The first kappa shape index (κ1) is 12.3. The number of methoxy groups -OCH3 is 1. The Hall–Kier alpha value is -1.76. The Kier molecular flexibility index (Phi) is 3.73. The van der Waals surface area contributed by atoms with Crippen molar-refractivity contribution in [1.29, 1.82) is 0 Å². The Labute approximate surface area is 98.5 Å². The molecule has 0 aromatic heterocycles. The molecule has 0 N–H and O–H groups in total. The number of rotatable bonds is 3. The quantitative estimate of drug-likeness (QED) is 0.367. The van der Waals surface area contributed by atoms with Crippen molar-refractivity contribution in [3.8, 4) is 0 Å². The molecule has 0 amide bonds. The van der Waals surface area contributed by atoms with E-state index >= 15 is 0 Å². The molecule has 0 aliphatic carbocycles. The summed E-state index contributed by atoms with van der Waals surface area (Å²) in [6.45, 7) is 0. The van der Waals surface area contributed by atoms with Gasteiger partial charge >= 0.3 is 5.97 Å². The normalized spacial score (nSPS) is 9.62. The van der Waals surface area contributed by atoms with E-state index in [1.54, 1.807) is 0 Å². The van der Waals surface area contributed by atoms with Crippen LogP contribution in [0.5, 0.6) is 0 Å². The summed E-state index contributed by atoms with van der Waals surface area (Å²) in [5.74, 6) is -0.800. The highest BCUT2D eigenvalue weighted by molar-refractivity contribution is 9.10. The summed E-state index contributed by atoms with van der Waals surface area (Å²) in [5, 5.41) is 10.7. The number of benzene rings is 1. The van der Waals surface area contributed by atoms with E-state index in [0.29, 0.717) is 4.47 Å². The van der Waals surface area contributed by atoms with Gasteiger partial charge < -0.3 is 4.74 Å². The monoisotopic (exact) mass is 287 g/mol. The molecule has 1 aromatic carbocycles. The lowest BCUT2D eigenvalue weighted by atomic mass is 10.1. The van der Waals surface area contributed by atoms with Gasteiger partial charge in [0.1, 0.15) is 5.56 Å². The van der Waals surface area contributed by atoms with Crippen molar-refractivity contribution in [3.05, 3.63) is 37.8 Å². The summed E-state index contributed by atoms with van der Waals surface area (Å²) in [7, 11) is 1.13. The molecule has 84 valence electrons. The zero-order valence-corrected chi connectivity index (χ0v) is 9.68. The third-order valence-electron chi connectivity index (χ3n) is 1.84. The Morgan fingerprint density at radius 1 is 1.56 bits per heavy atom. The number of hydrogen-bond donors (Lipinski definition) is 0. The largest absolute Gasteiger partial charge is 0.465 e. The lowest BCUT2D eigenvalue weighted by Crippen LogP contribution is -2.08. The van der Waals surface area contributed by atoms with E-state index in [9.17, 15) is 19.7 Å². The van der Waals surface area contributed by atoms with Gasteiger partial charge in [-0.2, -0.15) is 0 Å². The smallest absolute Gasteiger partial charge is 0.338 e. The number of nitrogens with zero attached hydrogens (tertiary/aromatic N) is 1. The Morgan fingerprint density at radius 2 is 2.19 bits per heavy atom. The SMILES string of the molecule is COC(=O)c1cc(Br)cc([N+](=O)[O-])c1C=O. The van der Waals surface area contributed by atoms with Crippen LogP contribution in [0.2, 0.25) is 0 Å². The number of hydrogen-bond acceptors (Lipinski definition) is 5. The fourth-order valence-corrected chi connectivity index (χ4v) is 1.60. The molecule has 0 atom stereocenters. The number of ether oxygens (including phenoxy) is 1. The first-order valence-corrected chi connectivity index (χ1v) is 4.82. The molecule has 0 spiro atoms. The van der Waals surface area contributed by atoms with Crippen LogP contribution in [0.25, 0.3) is 0 Å². The Balaban J connectivity index is 3.54. The van der Waals surface area contributed by atoms with Crippen molar-refractivity contribution in [3.63, 3.8) is 0 Å². The predicted molar refractivity (Wildman–Crippen MR) is 57.5 cm³/mol. The van der Waals surface area contributed by atoms with E-state index in [4.69, 9.17) is 0 Å². The first-order valence-electron chi connectivity index (χ1n) is 4.02. The van der Waals surface area contributed by atoms with Crippen LogP contribution in [0.4, 0.5) is 5.69 Å². The van der Waals surface area contributed by atoms with Gasteiger partial charge in [-0.05, 0) is 6.07 Å². The van der Waals surface area contributed by atoms with E-state index < -0.39 is 16.6 Å². The highest BCUT2D eigenvalue weighted by Crippen LogP contribution is 2.26. The lowest BCUT2D eigenvalue weighted by molar-refractivity contribution is -0.385. The second-order valence-corrected chi connectivity index (χ2v) is 3.67. The van der Waals surface area contributed by atoms with Gasteiger partial charge in [-0.1, -0.05) is 15.9 Å². The van der Waals surface area contributed by atoms with Crippen LogP contribution < -0.4 is 0 Å². The number of aldehydes is 1. The summed E-state index contributed by atoms with van der Waals surface area (Å²) in [6, 6.07) is 2.44. The average molecular weight is 288 g/mol. The summed E-state index contributed by atoms with van der Waals surface area (Å²) in [5.41, 5.74) is -0.872. The lowest BCUT2D eigenvalue weighted by Gasteiger charge is -2.04. The molecule has 0 unspecified atom stereocenters. The number of nitro groups is 1. The van der Waals surface area contributed by atoms with Crippen molar-refractivity contribution in [1.82, 2.24) is 0 Å². The summed E-state index contributed by atoms with van der Waals surface area (Å²) in [6.07, 6.45) is 0.261. The molecular formula is C9H6BrNO5. The molecule has 0 heterocycles. The maximum Gasteiger partial charge on any atom is 0.338 e. The third kappa shape index (κ3) is 2.25. The minimum Gasteiger partial charge on any atom is -0.465 e. The second kappa shape index (κ2) is 4.84.